The lowest BCUT2D eigenvalue weighted by Gasteiger charge is -2.31. The molecule has 1 aliphatic heterocycles. The topological polar surface area (TPSA) is 95.2 Å². The van der Waals surface area contributed by atoms with Crippen LogP contribution in [0.3, 0.4) is 0 Å². The first-order chi connectivity index (χ1) is 12.4. The normalized spacial score (nSPS) is 18.4. The smallest absolute Gasteiger partial charge is 0.292 e. The second kappa shape index (κ2) is 6.25. The van der Waals surface area contributed by atoms with Crippen LogP contribution in [0.1, 0.15) is 54.5 Å². The summed E-state index contributed by atoms with van der Waals surface area (Å²) in [6, 6.07) is 7.50. The lowest BCUT2D eigenvalue weighted by Crippen LogP contribution is -2.39. The van der Waals surface area contributed by atoms with Crippen LogP contribution in [0.4, 0.5) is 0 Å². The van der Waals surface area contributed by atoms with E-state index in [9.17, 15) is 9.90 Å². The molecule has 0 spiro atoms. The van der Waals surface area contributed by atoms with Crippen molar-refractivity contribution in [3.05, 3.63) is 47.6 Å². The number of carbonyl (C=O) groups excluding carboxylic acids is 1. The molecule has 7 nitrogen and oxygen atoms in total. The molecule has 7 heteroatoms. The van der Waals surface area contributed by atoms with Crippen LogP contribution >= 0.6 is 0 Å². The van der Waals surface area contributed by atoms with Crippen LogP contribution < -0.4 is 0 Å². The molecule has 4 rings (SSSR count). The number of fused-ring (bicyclic) bond motifs is 1. The fourth-order valence-corrected chi connectivity index (χ4v) is 3.43. The number of aromatic amines is 1. The number of piperidine rings is 1. The maximum atomic E-state index is 12.8. The van der Waals surface area contributed by atoms with Gasteiger partial charge in [0, 0.05) is 37.0 Å². The number of hydrogen-bond acceptors (Lipinski definition) is 5. The van der Waals surface area contributed by atoms with E-state index < -0.39 is 5.60 Å². The Balaban J connectivity index is 1.52. The summed E-state index contributed by atoms with van der Waals surface area (Å²) in [4.78, 5) is 22.4. The number of carbonyl (C=O) groups is 1. The molecular formula is C19H22N4O3. The van der Waals surface area contributed by atoms with Gasteiger partial charge in [0.1, 0.15) is 11.3 Å². The Morgan fingerprint density at radius 2 is 2.27 bits per heavy atom. The molecule has 136 valence electrons. The minimum absolute atomic E-state index is 0.168. The maximum Gasteiger partial charge on any atom is 0.292 e. The van der Waals surface area contributed by atoms with Crippen LogP contribution in [0.15, 0.2) is 35.0 Å². The Morgan fingerprint density at radius 3 is 3.00 bits per heavy atom. The monoisotopic (exact) mass is 354 g/mol. The Morgan fingerprint density at radius 1 is 1.42 bits per heavy atom. The summed E-state index contributed by atoms with van der Waals surface area (Å²) >= 11 is 0. The third kappa shape index (κ3) is 3.10. The lowest BCUT2D eigenvalue weighted by molar-refractivity contribution is 0.0644. The number of nitrogens with one attached hydrogen (secondary N) is 1. The molecule has 3 aromatic rings. The van der Waals surface area contributed by atoms with Gasteiger partial charge in [-0.05, 0) is 44.9 Å². The van der Waals surface area contributed by atoms with Gasteiger partial charge in [0.15, 0.2) is 0 Å². The summed E-state index contributed by atoms with van der Waals surface area (Å²) in [5, 5.41) is 13.8. The molecule has 1 unspecified atom stereocenters. The molecule has 1 atom stereocenters. The van der Waals surface area contributed by atoms with Crippen molar-refractivity contribution in [2.45, 2.75) is 38.2 Å². The second-order valence-electron chi connectivity index (χ2n) is 7.39. The molecule has 1 saturated heterocycles. The number of hydrogen-bond donors (Lipinski definition) is 2. The van der Waals surface area contributed by atoms with Gasteiger partial charge in [-0.3, -0.25) is 9.78 Å². The predicted molar refractivity (Wildman–Crippen MR) is 95.7 cm³/mol. The number of nitrogens with zero attached hydrogens (tertiary/aromatic N) is 3. The van der Waals surface area contributed by atoms with Gasteiger partial charge in [0.05, 0.1) is 11.0 Å². The van der Waals surface area contributed by atoms with Gasteiger partial charge in [-0.15, -0.1) is 0 Å². The summed E-state index contributed by atoms with van der Waals surface area (Å²) < 4.78 is 5.18. The van der Waals surface area contributed by atoms with E-state index >= 15 is 0 Å². The molecule has 26 heavy (non-hydrogen) atoms. The van der Waals surface area contributed by atoms with Crippen molar-refractivity contribution < 1.29 is 14.4 Å². The Bertz CT molecular complexity index is 905. The molecule has 1 fully saturated rings. The Kier molecular flexibility index (Phi) is 4.03. The summed E-state index contributed by atoms with van der Waals surface area (Å²) in [6.45, 7) is 4.52. The average molecular weight is 354 g/mol. The van der Waals surface area contributed by atoms with Crippen molar-refractivity contribution in [2.24, 2.45) is 0 Å². The van der Waals surface area contributed by atoms with Gasteiger partial charge in [0.25, 0.3) is 5.91 Å². The van der Waals surface area contributed by atoms with Crippen molar-refractivity contribution in [2.75, 3.05) is 13.1 Å². The highest BCUT2D eigenvalue weighted by molar-refractivity contribution is 5.91. The minimum Gasteiger partial charge on any atom is -0.384 e. The molecular weight excluding hydrogens is 332 g/mol. The van der Waals surface area contributed by atoms with Crippen LogP contribution in [-0.2, 0) is 5.60 Å². The highest BCUT2D eigenvalue weighted by Gasteiger charge is 2.30. The van der Waals surface area contributed by atoms with E-state index in [4.69, 9.17) is 4.52 Å². The summed E-state index contributed by atoms with van der Waals surface area (Å²) in [5.74, 6) is 0.214. The zero-order chi connectivity index (χ0) is 18.3. The van der Waals surface area contributed by atoms with E-state index in [1.807, 2.05) is 12.1 Å². The zero-order valence-corrected chi connectivity index (χ0v) is 14.9. The van der Waals surface area contributed by atoms with Crippen molar-refractivity contribution in [3.8, 4) is 0 Å². The van der Waals surface area contributed by atoms with Gasteiger partial charge in [-0.1, -0.05) is 5.16 Å². The van der Waals surface area contributed by atoms with Crippen LogP contribution in [-0.4, -0.2) is 44.1 Å². The fraction of sp³-hybridized carbons (Fsp3) is 0.421. The molecule has 0 aliphatic carbocycles. The van der Waals surface area contributed by atoms with Gasteiger partial charge in [0.2, 0.25) is 5.76 Å². The van der Waals surface area contributed by atoms with E-state index in [0.29, 0.717) is 18.8 Å². The molecule has 1 amide bonds. The van der Waals surface area contributed by atoms with Crippen molar-refractivity contribution in [1.82, 2.24) is 20.0 Å². The van der Waals surface area contributed by atoms with E-state index in [0.717, 1.165) is 29.6 Å². The van der Waals surface area contributed by atoms with E-state index in [1.54, 1.807) is 24.9 Å². The first-order valence-corrected chi connectivity index (χ1v) is 8.84. The van der Waals surface area contributed by atoms with Crippen LogP contribution in [0.5, 0.6) is 0 Å². The van der Waals surface area contributed by atoms with Crippen LogP contribution in [0, 0.1) is 0 Å². The quantitative estimate of drug-likeness (QED) is 0.754. The van der Waals surface area contributed by atoms with Gasteiger partial charge >= 0.3 is 0 Å². The molecule has 3 aromatic heterocycles. The molecule has 2 N–H and O–H groups in total. The number of rotatable bonds is 3. The van der Waals surface area contributed by atoms with Gasteiger partial charge < -0.3 is 19.5 Å². The zero-order valence-electron chi connectivity index (χ0n) is 14.9. The molecule has 1 aliphatic rings. The highest BCUT2D eigenvalue weighted by atomic mass is 16.5. The number of aromatic nitrogens is 3. The largest absolute Gasteiger partial charge is 0.384 e. The van der Waals surface area contributed by atoms with Crippen molar-refractivity contribution >= 4 is 16.9 Å². The Hall–Kier alpha value is -2.67. The molecule has 0 aromatic carbocycles. The number of pyridine rings is 1. The number of H-pyrrole nitrogens is 1. The standard InChI is InChI=1S/C19H22N4O3/c1-19(2,25)17-10-16(26-22-17)18(24)23-8-4-5-12(11-23)14-9-15-13(21-14)6-3-7-20-15/h3,6-7,9-10,12,21,25H,4-5,8,11H2,1-2H3. The average Bonchev–Trinajstić information content (AvgIpc) is 3.28. The maximum absolute atomic E-state index is 12.8. The third-order valence-corrected chi connectivity index (χ3v) is 4.91. The van der Waals surface area contributed by atoms with E-state index in [1.165, 1.54) is 6.07 Å². The van der Waals surface area contributed by atoms with Crippen molar-refractivity contribution in [3.63, 3.8) is 0 Å². The number of amides is 1. The van der Waals surface area contributed by atoms with Crippen LogP contribution in [0.2, 0.25) is 0 Å². The SMILES string of the molecule is CC(C)(O)c1cc(C(=O)N2CCCC(c3cc4ncccc4[nH]3)C2)on1. The molecule has 4 heterocycles. The molecule has 0 saturated carbocycles. The lowest BCUT2D eigenvalue weighted by atomic mass is 9.94. The van der Waals surface area contributed by atoms with Crippen LogP contribution in [0.25, 0.3) is 11.0 Å². The Labute approximate surface area is 151 Å². The molecule has 0 bridgehead atoms. The summed E-state index contributed by atoms with van der Waals surface area (Å²) in [5.41, 5.74) is 2.28. The third-order valence-electron chi connectivity index (χ3n) is 4.91. The molecule has 0 radical (unpaired) electrons. The number of likely N-dealkylation sites (tertiary alicyclic amines) is 1. The number of aliphatic hydroxyl groups is 1. The van der Waals surface area contributed by atoms with Gasteiger partial charge in [-0.25, -0.2) is 0 Å². The van der Waals surface area contributed by atoms with Crippen molar-refractivity contribution in [1.29, 1.82) is 0 Å². The first-order valence-electron chi connectivity index (χ1n) is 8.84. The van der Waals surface area contributed by atoms with E-state index in [2.05, 4.69) is 21.2 Å². The first kappa shape index (κ1) is 16.8. The summed E-state index contributed by atoms with van der Waals surface area (Å²) in [6.07, 6.45) is 3.72. The fourth-order valence-electron chi connectivity index (χ4n) is 3.43. The second-order valence-corrected chi connectivity index (χ2v) is 7.39. The van der Waals surface area contributed by atoms with Gasteiger partial charge in [-0.2, -0.15) is 0 Å². The highest BCUT2D eigenvalue weighted by Crippen LogP contribution is 2.29. The predicted octanol–water partition coefficient (Wildman–Crippen LogP) is 2.80. The minimum atomic E-state index is -1.14. The van der Waals surface area contributed by atoms with E-state index in [-0.39, 0.29) is 17.6 Å². The summed E-state index contributed by atoms with van der Waals surface area (Å²) in [7, 11) is 0.